The Morgan fingerprint density at radius 1 is 1.18 bits per heavy atom. The lowest BCUT2D eigenvalue weighted by Crippen LogP contribution is -2.39. The average molecular weight is 296 g/mol. The van der Waals surface area contributed by atoms with Gasteiger partial charge in [-0.15, -0.1) is 0 Å². The summed E-state index contributed by atoms with van der Waals surface area (Å²) < 4.78 is 2.17. The summed E-state index contributed by atoms with van der Waals surface area (Å²) in [6.07, 6.45) is 2.34. The Kier molecular flexibility index (Phi) is 4.06. The molecule has 1 aliphatic heterocycles. The van der Waals surface area contributed by atoms with Crippen molar-refractivity contribution in [3.8, 4) is 5.69 Å². The summed E-state index contributed by atoms with van der Waals surface area (Å²) in [6, 6.07) is 12.3. The van der Waals surface area contributed by atoms with Gasteiger partial charge in [-0.3, -0.25) is 4.79 Å². The second-order valence-corrected chi connectivity index (χ2v) is 6.45. The predicted molar refractivity (Wildman–Crippen MR) is 89.5 cm³/mol. The van der Waals surface area contributed by atoms with E-state index in [1.165, 1.54) is 6.42 Å². The van der Waals surface area contributed by atoms with Crippen molar-refractivity contribution < 1.29 is 4.79 Å². The molecule has 0 spiro atoms. The van der Waals surface area contributed by atoms with Crippen LogP contribution in [0.2, 0.25) is 0 Å². The van der Waals surface area contributed by atoms with Gasteiger partial charge in [0.25, 0.3) is 5.91 Å². The lowest BCUT2D eigenvalue weighted by Gasteiger charge is -2.31. The molecule has 1 fully saturated rings. The number of piperidine rings is 1. The van der Waals surface area contributed by atoms with E-state index in [1.54, 1.807) is 0 Å². The maximum absolute atomic E-state index is 12.9. The van der Waals surface area contributed by atoms with Crippen molar-refractivity contribution in [3.05, 3.63) is 53.3 Å². The first-order valence-electron chi connectivity index (χ1n) is 8.11. The van der Waals surface area contributed by atoms with Crippen molar-refractivity contribution in [1.82, 2.24) is 9.47 Å². The fourth-order valence-electron chi connectivity index (χ4n) is 3.50. The van der Waals surface area contributed by atoms with Crippen LogP contribution in [0.1, 0.15) is 41.5 Å². The Balaban J connectivity index is 1.94. The molecule has 22 heavy (non-hydrogen) atoms. The Morgan fingerprint density at radius 2 is 1.91 bits per heavy atom. The maximum atomic E-state index is 12.9. The number of likely N-dealkylation sites (tertiary alicyclic amines) is 1. The molecule has 0 radical (unpaired) electrons. The number of amides is 1. The zero-order chi connectivity index (χ0) is 15.7. The minimum Gasteiger partial charge on any atom is -0.338 e. The number of rotatable bonds is 2. The number of benzene rings is 1. The first kappa shape index (κ1) is 14.9. The number of para-hydroxylation sites is 1. The van der Waals surface area contributed by atoms with Gasteiger partial charge in [-0.1, -0.05) is 25.1 Å². The van der Waals surface area contributed by atoms with Gasteiger partial charge in [-0.2, -0.15) is 0 Å². The van der Waals surface area contributed by atoms with Crippen LogP contribution in [0, 0.1) is 19.8 Å². The molecule has 1 aromatic carbocycles. The lowest BCUT2D eigenvalue weighted by atomic mass is 9.99. The highest BCUT2D eigenvalue weighted by molar-refractivity contribution is 5.96. The number of aromatic nitrogens is 1. The Morgan fingerprint density at radius 3 is 2.59 bits per heavy atom. The molecule has 1 saturated heterocycles. The van der Waals surface area contributed by atoms with Crippen LogP contribution in [-0.4, -0.2) is 28.5 Å². The van der Waals surface area contributed by atoms with Crippen molar-refractivity contribution in [3.63, 3.8) is 0 Å². The van der Waals surface area contributed by atoms with Crippen LogP contribution in [0.3, 0.4) is 0 Å². The normalized spacial score (nSPS) is 18.5. The second kappa shape index (κ2) is 5.99. The minimum atomic E-state index is 0.182. The van der Waals surface area contributed by atoms with E-state index >= 15 is 0 Å². The number of nitrogens with zero attached hydrogens (tertiary/aromatic N) is 2. The van der Waals surface area contributed by atoms with Gasteiger partial charge in [0.2, 0.25) is 0 Å². The van der Waals surface area contributed by atoms with Crippen LogP contribution in [-0.2, 0) is 0 Å². The molecule has 1 atom stereocenters. The summed E-state index contributed by atoms with van der Waals surface area (Å²) in [5.74, 6) is 0.789. The van der Waals surface area contributed by atoms with Crippen molar-refractivity contribution in [2.45, 2.75) is 33.6 Å². The fraction of sp³-hybridized carbons (Fsp3) is 0.421. The number of carbonyl (C=O) groups excluding carboxylic acids is 1. The van der Waals surface area contributed by atoms with Crippen molar-refractivity contribution in [2.75, 3.05) is 13.1 Å². The zero-order valence-electron chi connectivity index (χ0n) is 13.7. The summed E-state index contributed by atoms with van der Waals surface area (Å²) in [5.41, 5.74) is 4.10. The average Bonchev–Trinajstić information content (AvgIpc) is 2.82. The van der Waals surface area contributed by atoms with Crippen molar-refractivity contribution in [2.24, 2.45) is 5.92 Å². The van der Waals surface area contributed by atoms with Crippen LogP contribution in [0.25, 0.3) is 5.69 Å². The lowest BCUT2D eigenvalue weighted by molar-refractivity contribution is 0.0682. The van der Waals surface area contributed by atoms with E-state index in [4.69, 9.17) is 0 Å². The third-order valence-corrected chi connectivity index (χ3v) is 4.62. The molecule has 1 aromatic heterocycles. The van der Waals surface area contributed by atoms with Crippen molar-refractivity contribution in [1.29, 1.82) is 0 Å². The molecule has 0 N–H and O–H groups in total. The van der Waals surface area contributed by atoms with Crippen LogP contribution >= 0.6 is 0 Å². The standard InChI is InChI=1S/C19H24N2O/c1-14-8-7-11-20(13-14)19(22)18-12-15(2)21(16(18)3)17-9-5-4-6-10-17/h4-6,9-10,12,14H,7-8,11,13H2,1-3H3. The Labute approximate surface area is 132 Å². The highest BCUT2D eigenvalue weighted by atomic mass is 16.2. The van der Waals surface area contributed by atoms with E-state index in [2.05, 4.69) is 30.5 Å². The molecule has 0 bridgehead atoms. The predicted octanol–water partition coefficient (Wildman–Crippen LogP) is 3.97. The van der Waals surface area contributed by atoms with Gasteiger partial charge in [0.15, 0.2) is 0 Å². The molecule has 116 valence electrons. The Bertz CT molecular complexity index is 672. The summed E-state index contributed by atoms with van der Waals surface area (Å²) in [4.78, 5) is 14.9. The monoisotopic (exact) mass is 296 g/mol. The number of aryl methyl sites for hydroxylation is 1. The van der Waals surface area contributed by atoms with E-state index in [9.17, 15) is 4.79 Å². The minimum absolute atomic E-state index is 0.182. The van der Waals surface area contributed by atoms with Crippen molar-refractivity contribution >= 4 is 5.91 Å². The van der Waals surface area contributed by atoms with Gasteiger partial charge in [0.05, 0.1) is 5.56 Å². The zero-order valence-corrected chi connectivity index (χ0v) is 13.7. The molecule has 0 aliphatic carbocycles. The molecule has 2 heterocycles. The first-order chi connectivity index (χ1) is 10.6. The molecular weight excluding hydrogens is 272 g/mol. The number of hydrogen-bond acceptors (Lipinski definition) is 1. The molecule has 0 saturated carbocycles. The van der Waals surface area contributed by atoms with Gasteiger partial charge in [0.1, 0.15) is 0 Å². The van der Waals surface area contributed by atoms with E-state index in [1.807, 2.05) is 36.1 Å². The van der Waals surface area contributed by atoms with Gasteiger partial charge in [-0.25, -0.2) is 0 Å². The first-order valence-corrected chi connectivity index (χ1v) is 8.11. The Hall–Kier alpha value is -2.03. The molecule has 3 rings (SSSR count). The van der Waals surface area contributed by atoms with E-state index in [-0.39, 0.29) is 5.91 Å². The largest absolute Gasteiger partial charge is 0.338 e. The molecule has 1 amide bonds. The van der Waals surface area contributed by atoms with Crippen LogP contribution in [0.15, 0.2) is 36.4 Å². The third-order valence-electron chi connectivity index (χ3n) is 4.62. The van der Waals surface area contributed by atoms with Gasteiger partial charge in [-0.05, 0) is 50.8 Å². The third kappa shape index (κ3) is 2.68. The smallest absolute Gasteiger partial charge is 0.255 e. The fourth-order valence-corrected chi connectivity index (χ4v) is 3.50. The quantitative estimate of drug-likeness (QED) is 0.823. The summed E-state index contributed by atoms with van der Waals surface area (Å²) in [5, 5.41) is 0. The second-order valence-electron chi connectivity index (χ2n) is 6.45. The summed E-state index contributed by atoms with van der Waals surface area (Å²) in [7, 11) is 0. The summed E-state index contributed by atoms with van der Waals surface area (Å²) in [6.45, 7) is 8.11. The molecule has 3 nitrogen and oxygen atoms in total. The van der Waals surface area contributed by atoms with E-state index in [0.29, 0.717) is 5.92 Å². The van der Waals surface area contributed by atoms with Gasteiger partial charge < -0.3 is 9.47 Å². The van der Waals surface area contributed by atoms with E-state index < -0.39 is 0 Å². The molecular formula is C19H24N2O. The van der Waals surface area contributed by atoms with Crippen LogP contribution < -0.4 is 0 Å². The van der Waals surface area contributed by atoms with E-state index in [0.717, 1.165) is 42.1 Å². The highest BCUT2D eigenvalue weighted by Gasteiger charge is 2.25. The summed E-state index contributed by atoms with van der Waals surface area (Å²) >= 11 is 0. The number of hydrogen-bond donors (Lipinski definition) is 0. The maximum Gasteiger partial charge on any atom is 0.255 e. The molecule has 3 heteroatoms. The molecule has 1 unspecified atom stereocenters. The van der Waals surface area contributed by atoms with Crippen LogP contribution in [0.4, 0.5) is 0 Å². The molecule has 1 aliphatic rings. The van der Waals surface area contributed by atoms with Gasteiger partial charge in [0, 0.05) is 30.2 Å². The molecule has 2 aromatic rings. The van der Waals surface area contributed by atoms with Crippen LogP contribution in [0.5, 0.6) is 0 Å². The number of carbonyl (C=O) groups is 1. The van der Waals surface area contributed by atoms with Gasteiger partial charge >= 0.3 is 0 Å². The highest BCUT2D eigenvalue weighted by Crippen LogP contribution is 2.24. The SMILES string of the molecule is Cc1cc(C(=O)N2CCCC(C)C2)c(C)n1-c1ccccc1. The topological polar surface area (TPSA) is 25.2 Å².